The monoisotopic (exact) mass is 352 g/mol. The molecule has 0 radical (unpaired) electrons. The number of nitrogens with one attached hydrogen (secondary N) is 2. The maximum atomic E-state index is 12.2. The van der Waals surface area contributed by atoms with Crippen LogP contribution in [0, 0.1) is 0 Å². The van der Waals surface area contributed by atoms with Crippen molar-refractivity contribution < 1.29 is 9.59 Å². The fraction of sp³-hybridized carbons (Fsp3) is 0.111. The van der Waals surface area contributed by atoms with E-state index in [0.29, 0.717) is 17.1 Å². The largest absolute Gasteiger partial charge is 0.326 e. The summed E-state index contributed by atoms with van der Waals surface area (Å²) >= 11 is 1.48. The molecule has 0 aliphatic rings. The van der Waals surface area contributed by atoms with E-state index >= 15 is 0 Å². The van der Waals surface area contributed by atoms with Crippen LogP contribution >= 0.6 is 11.3 Å². The second-order valence-electron chi connectivity index (χ2n) is 5.37. The van der Waals surface area contributed by atoms with Gasteiger partial charge in [-0.3, -0.25) is 14.6 Å². The zero-order valence-corrected chi connectivity index (χ0v) is 14.3. The molecule has 6 nitrogen and oxygen atoms in total. The van der Waals surface area contributed by atoms with Gasteiger partial charge in [0, 0.05) is 41.6 Å². The molecule has 0 atom stereocenters. The maximum Gasteiger partial charge on any atom is 0.230 e. The number of amides is 2. The van der Waals surface area contributed by atoms with Crippen molar-refractivity contribution in [2.75, 3.05) is 10.6 Å². The second kappa shape index (κ2) is 7.67. The van der Waals surface area contributed by atoms with Crippen LogP contribution in [-0.2, 0) is 16.0 Å². The van der Waals surface area contributed by atoms with Gasteiger partial charge >= 0.3 is 0 Å². The molecule has 0 fully saturated rings. The van der Waals surface area contributed by atoms with Crippen molar-refractivity contribution in [3.8, 4) is 10.6 Å². The van der Waals surface area contributed by atoms with Gasteiger partial charge in [-0.05, 0) is 30.3 Å². The first kappa shape index (κ1) is 16.8. The SMILES string of the molecule is CC(=O)Nc1cccc(NC(=O)Cc2csc(-c3cccnc3)n2)c1. The second-order valence-corrected chi connectivity index (χ2v) is 6.23. The Bertz CT molecular complexity index is 893. The Morgan fingerprint density at radius 2 is 1.92 bits per heavy atom. The maximum absolute atomic E-state index is 12.2. The number of anilines is 2. The summed E-state index contributed by atoms with van der Waals surface area (Å²) in [6.07, 6.45) is 3.64. The number of hydrogen-bond acceptors (Lipinski definition) is 5. The number of pyridine rings is 1. The number of thiazole rings is 1. The van der Waals surface area contributed by atoms with E-state index < -0.39 is 0 Å². The van der Waals surface area contributed by atoms with Crippen molar-refractivity contribution >= 4 is 34.5 Å². The molecule has 0 saturated heterocycles. The third-order valence-electron chi connectivity index (χ3n) is 3.27. The van der Waals surface area contributed by atoms with E-state index in [2.05, 4.69) is 20.6 Å². The smallest absolute Gasteiger partial charge is 0.230 e. The van der Waals surface area contributed by atoms with Crippen LogP contribution in [0.25, 0.3) is 10.6 Å². The van der Waals surface area contributed by atoms with E-state index in [1.54, 1.807) is 36.7 Å². The lowest BCUT2D eigenvalue weighted by atomic mass is 10.2. The van der Waals surface area contributed by atoms with Crippen LogP contribution in [0.2, 0.25) is 0 Å². The Morgan fingerprint density at radius 1 is 1.12 bits per heavy atom. The molecule has 2 N–H and O–H groups in total. The molecular weight excluding hydrogens is 336 g/mol. The Hall–Kier alpha value is -3.06. The summed E-state index contributed by atoms with van der Waals surface area (Å²) in [5.74, 6) is -0.322. The molecule has 2 heterocycles. The fourth-order valence-corrected chi connectivity index (χ4v) is 3.07. The predicted octanol–water partition coefficient (Wildman–Crippen LogP) is 3.34. The van der Waals surface area contributed by atoms with Gasteiger partial charge in [0.2, 0.25) is 11.8 Å². The van der Waals surface area contributed by atoms with E-state index in [4.69, 9.17) is 0 Å². The first-order chi connectivity index (χ1) is 12.1. The van der Waals surface area contributed by atoms with Crippen molar-refractivity contribution in [3.63, 3.8) is 0 Å². The van der Waals surface area contributed by atoms with Gasteiger partial charge in [-0.2, -0.15) is 0 Å². The molecule has 3 aromatic rings. The van der Waals surface area contributed by atoms with Crippen LogP contribution in [-0.4, -0.2) is 21.8 Å². The van der Waals surface area contributed by atoms with Gasteiger partial charge < -0.3 is 10.6 Å². The number of rotatable bonds is 5. The van der Waals surface area contributed by atoms with Crippen LogP contribution in [0.3, 0.4) is 0 Å². The molecule has 0 aliphatic heterocycles. The fourth-order valence-electron chi connectivity index (χ4n) is 2.26. The van der Waals surface area contributed by atoms with Crippen LogP contribution in [0.15, 0.2) is 54.2 Å². The van der Waals surface area contributed by atoms with Crippen molar-refractivity contribution in [1.82, 2.24) is 9.97 Å². The molecule has 126 valence electrons. The Kier molecular flexibility index (Phi) is 5.15. The first-order valence-electron chi connectivity index (χ1n) is 7.62. The summed E-state index contributed by atoms with van der Waals surface area (Å²) in [5.41, 5.74) is 2.90. The molecule has 3 rings (SSSR count). The van der Waals surface area contributed by atoms with Crippen molar-refractivity contribution in [1.29, 1.82) is 0 Å². The highest BCUT2D eigenvalue weighted by Crippen LogP contribution is 2.23. The number of aromatic nitrogens is 2. The van der Waals surface area contributed by atoms with E-state index in [9.17, 15) is 9.59 Å². The van der Waals surface area contributed by atoms with E-state index in [1.165, 1.54) is 18.3 Å². The van der Waals surface area contributed by atoms with Crippen LogP contribution in [0.1, 0.15) is 12.6 Å². The minimum atomic E-state index is -0.164. The molecule has 0 spiro atoms. The van der Waals surface area contributed by atoms with Crippen LogP contribution in [0.5, 0.6) is 0 Å². The van der Waals surface area contributed by atoms with Crippen LogP contribution in [0.4, 0.5) is 11.4 Å². The third kappa shape index (κ3) is 4.71. The highest BCUT2D eigenvalue weighted by molar-refractivity contribution is 7.13. The van der Waals surface area contributed by atoms with Crippen LogP contribution < -0.4 is 10.6 Å². The Balaban J connectivity index is 1.63. The normalized spacial score (nSPS) is 10.3. The molecule has 2 aromatic heterocycles. The number of hydrogen-bond donors (Lipinski definition) is 2. The summed E-state index contributed by atoms with van der Waals surface area (Å²) in [4.78, 5) is 31.9. The first-order valence-corrected chi connectivity index (χ1v) is 8.50. The average molecular weight is 352 g/mol. The molecule has 1 aromatic carbocycles. The summed E-state index contributed by atoms with van der Waals surface area (Å²) in [6.45, 7) is 1.44. The van der Waals surface area contributed by atoms with Gasteiger partial charge in [-0.15, -0.1) is 11.3 Å². The van der Waals surface area contributed by atoms with E-state index in [1.807, 2.05) is 17.5 Å². The minimum absolute atomic E-state index is 0.158. The standard InChI is InChI=1S/C18H16N4O2S/c1-12(23)20-14-5-2-6-15(8-14)21-17(24)9-16-11-25-18(22-16)13-4-3-7-19-10-13/h2-8,10-11H,9H2,1H3,(H,20,23)(H,21,24). The molecule has 0 unspecified atom stereocenters. The quantitative estimate of drug-likeness (QED) is 0.737. The summed E-state index contributed by atoms with van der Waals surface area (Å²) in [6, 6.07) is 10.8. The zero-order chi connectivity index (χ0) is 17.6. The molecule has 0 aliphatic carbocycles. The number of carbonyl (C=O) groups is 2. The van der Waals surface area contributed by atoms with Crippen molar-refractivity contribution in [3.05, 3.63) is 59.9 Å². The van der Waals surface area contributed by atoms with Gasteiger partial charge in [0.1, 0.15) is 5.01 Å². The van der Waals surface area contributed by atoms with Crippen molar-refractivity contribution in [2.45, 2.75) is 13.3 Å². The van der Waals surface area contributed by atoms with E-state index in [0.717, 1.165) is 10.6 Å². The lowest BCUT2D eigenvalue weighted by Gasteiger charge is -2.07. The number of carbonyl (C=O) groups excluding carboxylic acids is 2. The lowest BCUT2D eigenvalue weighted by molar-refractivity contribution is -0.116. The van der Waals surface area contributed by atoms with Gasteiger partial charge in [0.25, 0.3) is 0 Å². The number of nitrogens with zero attached hydrogens (tertiary/aromatic N) is 2. The Morgan fingerprint density at radius 3 is 2.64 bits per heavy atom. The molecule has 7 heteroatoms. The third-order valence-corrected chi connectivity index (χ3v) is 4.21. The molecule has 0 saturated carbocycles. The highest BCUT2D eigenvalue weighted by atomic mass is 32.1. The van der Waals surface area contributed by atoms with Gasteiger partial charge in [-0.1, -0.05) is 6.07 Å². The van der Waals surface area contributed by atoms with Gasteiger partial charge in [0.05, 0.1) is 12.1 Å². The minimum Gasteiger partial charge on any atom is -0.326 e. The molecule has 0 bridgehead atoms. The van der Waals surface area contributed by atoms with Gasteiger partial charge in [-0.25, -0.2) is 4.98 Å². The Labute approximate surface area is 149 Å². The topological polar surface area (TPSA) is 84.0 Å². The summed E-state index contributed by atoms with van der Waals surface area (Å²) in [7, 11) is 0. The molecule has 2 amide bonds. The highest BCUT2D eigenvalue weighted by Gasteiger charge is 2.10. The van der Waals surface area contributed by atoms with Crippen molar-refractivity contribution in [2.24, 2.45) is 0 Å². The predicted molar refractivity (Wildman–Crippen MR) is 98.4 cm³/mol. The molecule has 25 heavy (non-hydrogen) atoms. The molecular formula is C18H16N4O2S. The van der Waals surface area contributed by atoms with Gasteiger partial charge in [0.15, 0.2) is 0 Å². The lowest BCUT2D eigenvalue weighted by Crippen LogP contribution is -2.15. The average Bonchev–Trinajstić information content (AvgIpc) is 3.03. The summed E-state index contributed by atoms with van der Waals surface area (Å²) in [5, 5.41) is 8.21. The van der Waals surface area contributed by atoms with E-state index in [-0.39, 0.29) is 18.2 Å². The number of benzene rings is 1. The summed E-state index contributed by atoms with van der Waals surface area (Å²) < 4.78 is 0. The zero-order valence-electron chi connectivity index (χ0n) is 13.5.